The van der Waals surface area contributed by atoms with Crippen LogP contribution >= 0.6 is 0 Å². The van der Waals surface area contributed by atoms with Gasteiger partial charge in [0.1, 0.15) is 11.3 Å². The van der Waals surface area contributed by atoms with Crippen molar-refractivity contribution in [2.75, 3.05) is 19.6 Å². The number of hydrogen-bond donors (Lipinski definition) is 3. The number of carbonyl (C=O) groups is 1. The van der Waals surface area contributed by atoms with Gasteiger partial charge in [0.2, 0.25) is 0 Å². The van der Waals surface area contributed by atoms with Gasteiger partial charge in [-0.15, -0.1) is 0 Å². The minimum Gasteiger partial charge on any atom is -0.507 e. The Morgan fingerprint density at radius 3 is 2.05 bits per heavy atom. The van der Waals surface area contributed by atoms with E-state index in [0.29, 0.717) is 0 Å². The number of carboxylic acid groups (broad SMARTS) is 1. The molecule has 0 amide bonds. The highest BCUT2D eigenvalue weighted by atomic mass is 16.4. The third-order valence-electron chi connectivity index (χ3n) is 3.24. The summed E-state index contributed by atoms with van der Waals surface area (Å²) in [6, 6.07) is 10.2. The average molecular weight is 304 g/mol. The second kappa shape index (κ2) is 9.02. The summed E-state index contributed by atoms with van der Waals surface area (Å²) < 4.78 is 0. The van der Waals surface area contributed by atoms with Gasteiger partial charge in [-0.05, 0) is 22.9 Å². The number of aromatic carboxylic acids is 1. The minimum atomic E-state index is -1.12. The first-order chi connectivity index (χ1) is 10.5. The van der Waals surface area contributed by atoms with Crippen molar-refractivity contribution in [3.63, 3.8) is 0 Å². The van der Waals surface area contributed by atoms with E-state index in [4.69, 9.17) is 5.11 Å². The van der Waals surface area contributed by atoms with E-state index in [1.807, 2.05) is 18.2 Å². The number of hydrogen-bond acceptors (Lipinski definition) is 4. The summed E-state index contributed by atoms with van der Waals surface area (Å²) in [4.78, 5) is 10.7. The molecule has 0 saturated carbocycles. The molecule has 0 unspecified atom stereocenters. The van der Waals surface area contributed by atoms with Crippen molar-refractivity contribution in [2.24, 2.45) is 0 Å². The Bertz CT molecular complexity index is 610. The first-order valence-electron chi connectivity index (χ1n) is 7.46. The van der Waals surface area contributed by atoms with Crippen LogP contribution in [0.15, 0.2) is 36.4 Å². The van der Waals surface area contributed by atoms with Crippen LogP contribution in [-0.2, 0) is 0 Å². The first-order valence-corrected chi connectivity index (χ1v) is 7.46. The van der Waals surface area contributed by atoms with Crippen molar-refractivity contribution in [1.82, 2.24) is 10.4 Å². The molecule has 0 fully saturated rings. The van der Waals surface area contributed by atoms with Crippen LogP contribution in [0.25, 0.3) is 10.8 Å². The van der Waals surface area contributed by atoms with Gasteiger partial charge in [-0.2, -0.15) is 0 Å². The van der Waals surface area contributed by atoms with Crippen LogP contribution in [0.4, 0.5) is 0 Å². The number of aromatic hydroxyl groups is 1. The van der Waals surface area contributed by atoms with Gasteiger partial charge in [0.25, 0.3) is 0 Å². The summed E-state index contributed by atoms with van der Waals surface area (Å²) in [5.74, 6) is -1.32. The number of fused-ring (bicyclic) bond motifs is 1. The van der Waals surface area contributed by atoms with Crippen molar-refractivity contribution < 1.29 is 15.0 Å². The van der Waals surface area contributed by atoms with E-state index in [9.17, 15) is 9.90 Å². The highest BCUT2D eigenvalue weighted by molar-refractivity contribution is 5.97. The fourth-order valence-electron chi connectivity index (χ4n) is 2.07. The highest BCUT2D eigenvalue weighted by Crippen LogP contribution is 2.24. The molecule has 0 saturated heterocycles. The van der Waals surface area contributed by atoms with Crippen molar-refractivity contribution in [3.05, 3.63) is 42.0 Å². The molecule has 0 heterocycles. The summed E-state index contributed by atoms with van der Waals surface area (Å²) in [6.07, 6.45) is 0. The molecule has 0 aliphatic heterocycles. The van der Waals surface area contributed by atoms with E-state index in [2.05, 4.69) is 31.2 Å². The van der Waals surface area contributed by atoms with Gasteiger partial charge in [0.15, 0.2) is 0 Å². The summed E-state index contributed by atoms with van der Waals surface area (Å²) in [6.45, 7) is 9.60. The molecule has 2 rings (SSSR count). The summed E-state index contributed by atoms with van der Waals surface area (Å²) in [7, 11) is 0. The largest absolute Gasteiger partial charge is 0.507 e. The smallest absolute Gasteiger partial charge is 0.339 e. The molecule has 0 bridgehead atoms. The van der Waals surface area contributed by atoms with Crippen LogP contribution in [0.5, 0.6) is 5.75 Å². The number of carboxylic acids is 1. The predicted octanol–water partition coefficient (Wildman–Crippen LogP) is 3.10. The van der Waals surface area contributed by atoms with Crippen LogP contribution in [0, 0.1) is 0 Å². The zero-order valence-electron chi connectivity index (χ0n) is 13.3. The quantitative estimate of drug-likeness (QED) is 0.740. The maximum Gasteiger partial charge on any atom is 0.339 e. The molecular formula is C17H24N2O3. The Morgan fingerprint density at radius 2 is 1.64 bits per heavy atom. The average Bonchev–Trinajstić information content (AvgIpc) is 2.52. The zero-order valence-corrected chi connectivity index (χ0v) is 13.3. The van der Waals surface area contributed by atoms with Gasteiger partial charge in [-0.25, -0.2) is 9.80 Å². The molecule has 0 atom stereocenters. The number of rotatable bonds is 5. The predicted molar refractivity (Wildman–Crippen MR) is 89.2 cm³/mol. The number of hydrazine groups is 1. The Balaban J connectivity index is 0.000000261. The topological polar surface area (TPSA) is 72.8 Å². The van der Waals surface area contributed by atoms with Crippen molar-refractivity contribution in [1.29, 1.82) is 0 Å². The molecule has 0 radical (unpaired) electrons. The molecule has 3 N–H and O–H groups in total. The lowest BCUT2D eigenvalue weighted by atomic mass is 10.1. The molecule has 120 valence electrons. The van der Waals surface area contributed by atoms with E-state index < -0.39 is 5.97 Å². The van der Waals surface area contributed by atoms with Crippen LogP contribution in [0.3, 0.4) is 0 Å². The van der Waals surface area contributed by atoms with Crippen LogP contribution in [0.1, 0.15) is 31.1 Å². The van der Waals surface area contributed by atoms with E-state index in [1.54, 1.807) is 6.07 Å². The van der Waals surface area contributed by atoms with Crippen LogP contribution in [-0.4, -0.2) is 40.8 Å². The molecule has 5 nitrogen and oxygen atoms in total. The van der Waals surface area contributed by atoms with E-state index in [1.165, 1.54) is 12.1 Å². The standard InChI is InChI=1S/C11H8O3.C6H16N2/c12-10-6-8-4-2-1-3-7(8)5-9(10)11(13)14;1-4-7-8(5-2)6-3/h1-6,12H,(H,13,14);7H,4-6H2,1-3H3. The van der Waals surface area contributed by atoms with Crippen molar-refractivity contribution in [2.45, 2.75) is 20.8 Å². The maximum atomic E-state index is 10.7. The van der Waals surface area contributed by atoms with Gasteiger partial charge in [-0.1, -0.05) is 45.0 Å². The van der Waals surface area contributed by atoms with Gasteiger partial charge < -0.3 is 10.2 Å². The highest BCUT2D eigenvalue weighted by Gasteiger charge is 2.09. The Labute approximate surface area is 131 Å². The van der Waals surface area contributed by atoms with Crippen LogP contribution in [0.2, 0.25) is 0 Å². The van der Waals surface area contributed by atoms with Crippen molar-refractivity contribution >= 4 is 16.7 Å². The van der Waals surface area contributed by atoms with Crippen molar-refractivity contribution in [3.8, 4) is 5.75 Å². The molecule has 0 aliphatic rings. The summed E-state index contributed by atoms with van der Waals surface area (Å²) >= 11 is 0. The molecular weight excluding hydrogens is 280 g/mol. The van der Waals surface area contributed by atoms with Gasteiger partial charge >= 0.3 is 5.97 Å². The lowest BCUT2D eigenvalue weighted by Crippen LogP contribution is -2.37. The number of nitrogens with zero attached hydrogens (tertiary/aromatic N) is 1. The monoisotopic (exact) mass is 304 g/mol. The molecule has 22 heavy (non-hydrogen) atoms. The normalized spacial score (nSPS) is 10.4. The Kier molecular flexibility index (Phi) is 7.36. The molecule has 2 aromatic rings. The second-order valence-corrected chi connectivity index (χ2v) is 4.71. The maximum absolute atomic E-state index is 10.7. The Morgan fingerprint density at radius 1 is 1.09 bits per heavy atom. The summed E-state index contributed by atoms with van der Waals surface area (Å²) in [5, 5.41) is 22.0. The van der Waals surface area contributed by atoms with E-state index in [0.717, 1.165) is 30.4 Å². The number of nitrogens with one attached hydrogen (secondary N) is 1. The van der Waals surface area contributed by atoms with Gasteiger partial charge in [0, 0.05) is 19.6 Å². The minimum absolute atomic E-state index is 0.0660. The Hall–Kier alpha value is -2.11. The fourth-order valence-corrected chi connectivity index (χ4v) is 2.07. The number of benzene rings is 2. The lowest BCUT2D eigenvalue weighted by Gasteiger charge is -2.17. The van der Waals surface area contributed by atoms with E-state index >= 15 is 0 Å². The van der Waals surface area contributed by atoms with E-state index in [-0.39, 0.29) is 11.3 Å². The number of phenols is 1. The fraction of sp³-hybridized carbons (Fsp3) is 0.353. The molecule has 5 heteroatoms. The molecule has 0 aromatic heterocycles. The van der Waals surface area contributed by atoms with Gasteiger partial charge in [0.05, 0.1) is 0 Å². The van der Waals surface area contributed by atoms with Crippen LogP contribution < -0.4 is 5.43 Å². The third kappa shape index (κ3) is 5.02. The van der Waals surface area contributed by atoms with Gasteiger partial charge in [-0.3, -0.25) is 5.43 Å². The lowest BCUT2D eigenvalue weighted by molar-refractivity contribution is 0.0694. The summed E-state index contributed by atoms with van der Waals surface area (Å²) in [5.41, 5.74) is 3.15. The SMILES string of the molecule is CCNN(CC)CC.O=C(O)c1cc2ccccc2cc1O. The first kappa shape index (κ1) is 17.9. The zero-order chi connectivity index (χ0) is 16.5. The third-order valence-corrected chi connectivity index (χ3v) is 3.24. The second-order valence-electron chi connectivity index (χ2n) is 4.71. The molecule has 0 spiro atoms. The molecule has 2 aromatic carbocycles. The molecule has 0 aliphatic carbocycles.